The first kappa shape index (κ1) is 13.1. The van der Waals surface area contributed by atoms with Gasteiger partial charge in [-0.15, -0.1) is 0 Å². The fourth-order valence-corrected chi connectivity index (χ4v) is 1.76. The molecule has 3 N–H and O–H groups in total. The van der Waals surface area contributed by atoms with Gasteiger partial charge in [0.1, 0.15) is 0 Å². The van der Waals surface area contributed by atoms with Gasteiger partial charge in [-0.2, -0.15) is 0 Å². The van der Waals surface area contributed by atoms with Gasteiger partial charge in [-0.1, -0.05) is 17.7 Å². The number of aliphatic hydroxyl groups is 1. The number of ether oxygens (including phenoxy) is 2. The molecular weight excluding hydrogens is 230 g/mol. The van der Waals surface area contributed by atoms with Gasteiger partial charge in [0.15, 0.2) is 11.5 Å². The van der Waals surface area contributed by atoms with Crippen molar-refractivity contribution in [3.05, 3.63) is 22.7 Å². The van der Waals surface area contributed by atoms with Crippen LogP contribution < -0.4 is 15.2 Å². The van der Waals surface area contributed by atoms with Crippen LogP contribution >= 0.6 is 11.6 Å². The van der Waals surface area contributed by atoms with Crippen LogP contribution in [-0.4, -0.2) is 25.4 Å². The van der Waals surface area contributed by atoms with E-state index in [2.05, 4.69) is 0 Å². The van der Waals surface area contributed by atoms with Crippen LogP contribution in [0.5, 0.6) is 11.5 Å². The lowest BCUT2D eigenvalue weighted by molar-refractivity contribution is 0.153. The Labute approximate surface area is 99.9 Å². The highest BCUT2D eigenvalue weighted by Gasteiger charge is 2.20. The summed E-state index contributed by atoms with van der Waals surface area (Å²) in [4.78, 5) is 0. The Morgan fingerprint density at radius 1 is 1.31 bits per heavy atom. The minimum absolute atomic E-state index is 0.326. The number of hydrogen-bond donors (Lipinski definition) is 2. The van der Waals surface area contributed by atoms with Gasteiger partial charge in [0, 0.05) is 11.6 Å². The molecule has 0 saturated heterocycles. The maximum Gasteiger partial charge on any atom is 0.179 e. The molecule has 0 amide bonds. The van der Waals surface area contributed by atoms with E-state index in [-0.39, 0.29) is 0 Å². The van der Waals surface area contributed by atoms with Crippen molar-refractivity contribution >= 4 is 11.6 Å². The minimum Gasteiger partial charge on any atom is -0.493 e. The Balaban J connectivity index is 3.23. The summed E-state index contributed by atoms with van der Waals surface area (Å²) < 4.78 is 10.2. The highest BCUT2D eigenvalue weighted by Crippen LogP contribution is 2.39. The zero-order chi connectivity index (χ0) is 12.3. The van der Waals surface area contributed by atoms with Crippen molar-refractivity contribution in [1.82, 2.24) is 0 Å². The predicted molar refractivity (Wildman–Crippen MR) is 63.2 cm³/mol. The summed E-state index contributed by atoms with van der Waals surface area (Å²) in [7, 11) is 3.02. The summed E-state index contributed by atoms with van der Waals surface area (Å²) >= 11 is 6.11. The van der Waals surface area contributed by atoms with E-state index in [9.17, 15) is 5.11 Å². The lowest BCUT2D eigenvalue weighted by Gasteiger charge is -2.19. The average molecular weight is 246 g/mol. The van der Waals surface area contributed by atoms with Crippen molar-refractivity contribution in [2.75, 3.05) is 14.2 Å². The van der Waals surface area contributed by atoms with Crippen molar-refractivity contribution in [3.8, 4) is 11.5 Å². The molecule has 0 saturated carbocycles. The molecule has 1 rings (SSSR count). The number of methoxy groups -OCH3 is 2. The first-order valence-corrected chi connectivity index (χ1v) is 5.24. The molecule has 0 radical (unpaired) electrons. The molecule has 5 heteroatoms. The SMILES string of the molecule is COc1ccc(C(O)C(C)N)c(Cl)c1OC. The maximum absolute atomic E-state index is 9.86. The highest BCUT2D eigenvalue weighted by atomic mass is 35.5. The smallest absolute Gasteiger partial charge is 0.179 e. The molecule has 1 aromatic carbocycles. The summed E-state index contributed by atoms with van der Waals surface area (Å²) in [5.74, 6) is 0.925. The first-order chi connectivity index (χ1) is 7.52. The molecule has 1 aromatic rings. The van der Waals surface area contributed by atoms with E-state index in [0.29, 0.717) is 22.1 Å². The van der Waals surface area contributed by atoms with E-state index >= 15 is 0 Å². The topological polar surface area (TPSA) is 64.7 Å². The molecule has 90 valence electrons. The lowest BCUT2D eigenvalue weighted by Crippen LogP contribution is -2.24. The third-order valence-electron chi connectivity index (χ3n) is 2.33. The second kappa shape index (κ2) is 5.39. The molecule has 0 fully saturated rings. The summed E-state index contributed by atoms with van der Waals surface area (Å²) in [6.07, 6.45) is -0.827. The summed E-state index contributed by atoms with van der Waals surface area (Å²) in [5.41, 5.74) is 6.15. The van der Waals surface area contributed by atoms with Crippen molar-refractivity contribution in [3.63, 3.8) is 0 Å². The maximum atomic E-state index is 9.86. The number of benzene rings is 1. The van der Waals surface area contributed by atoms with Crippen molar-refractivity contribution in [2.45, 2.75) is 19.1 Å². The Bertz CT molecular complexity index is 368. The molecule has 2 unspecified atom stereocenters. The zero-order valence-electron chi connectivity index (χ0n) is 9.53. The third kappa shape index (κ3) is 2.40. The van der Waals surface area contributed by atoms with Gasteiger partial charge in [0.05, 0.1) is 25.3 Å². The van der Waals surface area contributed by atoms with Gasteiger partial charge >= 0.3 is 0 Å². The summed E-state index contributed by atoms with van der Waals surface area (Å²) in [5, 5.41) is 10.2. The van der Waals surface area contributed by atoms with Gasteiger partial charge in [-0.25, -0.2) is 0 Å². The van der Waals surface area contributed by atoms with Gasteiger partial charge in [-0.3, -0.25) is 0 Å². The van der Waals surface area contributed by atoms with Gasteiger partial charge in [0.2, 0.25) is 0 Å². The van der Waals surface area contributed by atoms with Gasteiger partial charge in [0.25, 0.3) is 0 Å². The van der Waals surface area contributed by atoms with Crippen LogP contribution in [0.15, 0.2) is 12.1 Å². The van der Waals surface area contributed by atoms with E-state index in [0.717, 1.165) is 0 Å². The van der Waals surface area contributed by atoms with Crippen LogP contribution in [0.4, 0.5) is 0 Å². The molecule has 2 atom stereocenters. The molecule has 4 nitrogen and oxygen atoms in total. The molecule has 0 bridgehead atoms. The largest absolute Gasteiger partial charge is 0.493 e. The summed E-state index contributed by atoms with van der Waals surface area (Å²) in [6, 6.07) is 2.96. The van der Waals surface area contributed by atoms with E-state index in [1.165, 1.54) is 14.2 Å². The highest BCUT2D eigenvalue weighted by molar-refractivity contribution is 6.33. The average Bonchev–Trinajstić information content (AvgIpc) is 2.27. The van der Waals surface area contributed by atoms with Crippen molar-refractivity contribution in [2.24, 2.45) is 5.73 Å². The first-order valence-electron chi connectivity index (χ1n) is 4.87. The van der Waals surface area contributed by atoms with Crippen molar-refractivity contribution in [1.29, 1.82) is 0 Å². The minimum atomic E-state index is -0.827. The molecule has 16 heavy (non-hydrogen) atoms. The van der Waals surface area contributed by atoms with Crippen LogP contribution in [0.2, 0.25) is 5.02 Å². The fourth-order valence-electron chi connectivity index (χ4n) is 1.42. The number of rotatable bonds is 4. The number of aliphatic hydroxyl groups excluding tert-OH is 1. The Morgan fingerprint density at radius 3 is 2.38 bits per heavy atom. The van der Waals surface area contributed by atoms with Crippen LogP contribution in [0, 0.1) is 0 Å². The standard InChI is InChI=1S/C11H16ClNO3/c1-6(13)10(14)7-4-5-8(15-2)11(16-3)9(7)12/h4-6,10,14H,13H2,1-3H3. The van der Waals surface area contributed by atoms with Crippen molar-refractivity contribution < 1.29 is 14.6 Å². The van der Waals surface area contributed by atoms with Crippen LogP contribution in [0.1, 0.15) is 18.6 Å². The Kier molecular flexibility index (Phi) is 4.41. The van der Waals surface area contributed by atoms with Gasteiger partial charge in [-0.05, 0) is 13.0 Å². The van der Waals surface area contributed by atoms with Crippen LogP contribution in [0.25, 0.3) is 0 Å². The van der Waals surface area contributed by atoms with E-state index < -0.39 is 12.1 Å². The number of halogens is 1. The number of nitrogens with two attached hydrogens (primary N) is 1. The van der Waals surface area contributed by atoms with Crippen LogP contribution in [-0.2, 0) is 0 Å². The molecule has 0 aromatic heterocycles. The lowest BCUT2D eigenvalue weighted by atomic mass is 10.0. The fraction of sp³-hybridized carbons (Fsp3) is 0.455. The molecule has 0 spiro atoms. The molecule has 0 aliphatic heterocycles. The second-order valence-corrected chi connectivity index (χ2v) is 3.89. The van der Waals surface area contributed by atoms with Crippen LogP contribution in [0.3, 0.4) is 0 Å². The third-order valence-corrected chi connectivity index (χ3v) is 2.72. The summed E-state index contributed by atoms with van der Waals surface area (Å²) in [6.45, 7) is 1.71. The molecule has 0 heterocycles. The monoisotopic (exact) mass is 245 g/mol. The molecule has 0 aliphatic rings. The van der Waals surface area contributed by atoms with Gasteiger partial charge < -0.3 is 20.3 Å². The Morgan fingerprint density at radius 2 is 1.94 bits per heavy atom. The zero-order valence-corrected chi connectivity index (χ0v) is 10.3. The van der Waals surface area contributed by atoms with E-state index in [1.807, 2.05) is 0 Å². The molecular formula is C11H16ClNO3. The second-order valence-electron chi connectivity index (χ2n) is 3.51. The predicted octanol–water partition coefficient (Wildman–Crippen LogP) is 1.74. The quantitative estimate of drug-likeness (QED) is 0.848. The van der Waals surface area contributed by atoms with E-state index in [4.69, 9.17) is 26.8 Å². The number of hydrogen-bond acceptors (Lipinski definition) is 4. The van der Waals surface area contributed by atoms with E-state index in [1.54, 1.807) is 19.1 Å². The Hall–Kier alpha value is -0.970. The normalized spacial score (nSPS) is 14.4. The molecule has 0 aliphatic carbocycles.